The number of carbonyl (C=O) groups is 2. The van der Waals surface area contributed by atoms with E-state index >= 15 is 0 Å². The highest BCUT2D eigenvalue weighted by molar-refractivity contribution is 6.15. The quantitative estimate of drug-likeness (QED) is 0.431. The Kier molecular flexibility index (Phi) is 6.12. The smallest absolute Gasteiger partial charge is 0.329 e. The standard InChI is InChI=1S/C24H27N3O3/c1-15(2)14-26-16(3)10-19(17(26)4)11-20(13-25)23(28)27-21-9-7-6-8-18(21)12-22(27)24(29)30-5/h6-11,15,22H,12,14H2,1-5H3/b20-11-. The van der Waals surface area contributed by atoms with Crippen LogP contribution in [0.25, 0.3) is 6.08 Å². The molecule has 3 rings (SSSR count). The zero-order valence-electron chi connectivity index (χ0n) is 18.1. The Morgan fingerprint density at radius 2 is 2.00 bits per heavy atom. The minimum atomic E-state index is -0.773. The molecule has 0 saturated carbocycles. The third-order valence-corrected chi connectivity index (χ3v) is 5.48. The van der Waals surface area contributed by atoms with E-state index in [1.165, 1.54) is 12.0 Å². The second-order valence-corrected chi connectivity index (χ2v) is 8.05. The summed E-state index contributed by atoms with van der Waals surface area (Å²) in [7, 11) is 1.30. The van der Waals surface area contributed by atoms with Gasteiger partial charge in [0.25, 0.3) is 5.91 Å². The number of para-hydroxylation sites is 1. The number of benzene rings is 1. The molecule has 1 aromatic heterocycles. The van der Waals surface area contributed by atoms with Crippen LogP contribution in [0.3, 0.4) is 0 Å². The number of nitriles is 1. The highest BCUT2D eigenvalue weighted by Gasteiger charge is 2.40. The SMILES string of the molecule is COC(=O)C1Cc2ccccc2N1C(=O)/C(C#N)=C\c1cc(C)n(CC(C)C)c1C. The number of anilines is 1. The predicted octanol–water partition coefficient (Wildman–Crippen LogP) is 3.80. The number of hydrogen-bond donors (Lipinski definition) is 0. The fourth-order valence-electron chi connectivity index (χ4n) is 4.01. The predicted molar refractivity (Wildman–Crippen MR) is 116 cm³/mol. The van der Waals surface area contributed by atoms with Gasteiger partial charge in [-0.05, 0) is 49.1 Å². The van der Waals surface area contributed by atoms with Gasteiger partial charge in [0.15, 0.2) is 0 Å². The first-order chi connectivity index (χ1) is 14.3. The molecular formula is C24H27N3O3. The van der Waals surface area contributed by atoms with Crippen molar-refractivity contribution in [1.29, 1.82) is 5.26 Å². The van der Waals surface area contributed by atoms with Gasteiger partial charge in [-0.15, -0.1) is 0 Å². The first kappa shape index (κ1) is 21.4. The second kappa shape index (κ2) is 8.58. The van der Waals surface area contributed by atoms with Crippen LogP contribution in [-0.4, -0.2) is 29.6 Å². The first-order valence-electron chi connectivity index (χ1n) is 10.1. The van der Waals surface area contributed by atoms with E-state index in [1.54, 1.807) is 12.1 Å². The molecule has 0 N–H and O–H groups in total. The molecule has 30 heavy (non-hydrogen) atoms. The van der Waals surface area contributed by atoms with Gasteiger partial charge in [0, 0.05) is 30.0 Å². The van der Waals surface area contributed by atoms with Crippen molar-refractivity contribution in [2.45, 2.75) is 46.7 Å². The molecule has 1 amide bonds. The van der Waals surface area contributed by atoms with Crippen LogP contribution in [-0.2, 0) is 27.3 Å². The van der Waals surface area contributed by atoms with E-state index in [0.29, 0.717) is 18.0 Å². The largest absolute Gasteiger partial charge is 0.467 e. The number of rotatable bonds is 5. The van der Waals surface area contributed by atoms with Crippen molar-refractivity contribution in [3.63, 3.8) is 0 Å². The van der Waals surface area contributed by atoms with E-state index in [-0.39, 0.29) is 5.57 Å². The number of aromatic nitrogens is 1. The van der Waals surface area contributed by atoms with E-state index in [1.807, 2.05) is 44.2 Å². The van der Waals surface area contributed by atoms with Crippen molar-refractivity contribution in [1.82, 2.24) is 4.57 Å². The Labute approximate surface area is 177 Å². The minimum Gasteiger partial charge on any atom is -0.467 e. The first-order valence-corrected chi connectivity index (χ1v) is 10.1. The van der Waals surface area contributed by atoms with Crippen LogP contribution >= 0.6 is 0 Å². The molecular weight excluding hydrogens is 378 g/mol. The summed E-state index contributed by atoms with van der Waals surface area (Å²) < 4.78 is 7.11. The van der Waals surface area contributed by atoms with Gasteiger partial charge in [-0.2, -0.15) is 5.26 Å². The minimum absolute atomic E-state index is 0.00889. The number of ether oxygens (including phenoxy) is 1. The fourth-order valence-corrected chi connectivity index (χ4v) is 4.01. The monoisotopic (exact) mass is 405 g/mol. The Hall–Kier alpha value is -3.33. The van der Waals surface area contributed by atoms with Crippen molar-refractivity contribution in [2.24, 2.45) is 5.92 Å². The van der Waals surface area contributed by atoms with E-state index in [2.05, 4.69) is 18.4 Å². The van der Waals surface area contributed by atoms with Gasteiger partial charge in [0.2, 0.25) is 0 Å². The van der Waals surface area contributed by atoms with E-state index in [0.717, 1.165) is 29.1 Å². The molecule has 0 bridgehead atoms. The number of esters is 1. The van der Waals surface area contributed by atoms with Gasteiger partial charge in [0.1, 0.15) is 17.7 Å². The highest BCUT2D eigenvalue weighted by atomic mass is 16.5. The molecule has 1 aromatic carbocycles. The molecule has 6 heteroatoms. The van der Waals surface area contributed by atoms with Crippen molar-refractivity contribution < 1.29 is 14.3 Å². The lowest BCUT2D eigenvalue weighted by molar-refractivity contribution is -0.143. The average molecular weight is 405 g/mol. The Morgan fingerprint density at radius 3 is 2.63 bits per heavy atom. The van der Waals surface area contributed by atoms with Crippen LogP contribution in [0.2, 0.25) is 0 Å². The van der Waals surface area contributed by atoms with Crippen LogP contribution in [0.1, 0.15) is 36.4 Å². The molecule has 156 valence electrons. The van der Waals surface area contributed by atoms with Crippen LogP contribution in [0.15, 0.2) is 35.9 Å². The topological polar surface area (TPSA) is 75.3 Å². The Bertz CT molecular complexity index is 1060. The number of methoxy groups -OCH3 is 1. The highest BCUT2D eigenvalue weighted by Crippen LogP contribution is 2.34. The fraction of sp³-hybridized carbons (Fsp3) is 0.375. The Morgan fingerprint density at radius 1 is 1.30 bits per heavy atom. The molecule has 6 nitrogen and oxygen atoms in total. The number of hydrogen-bond acceptors (Lipinski definition) is 4. The maximum atomic E-state index is 13.4. The zero-order valence-corrected chi connectivity index (χ0v) is 18.1. The normalized spacial score (nSPS) is 15.8. The van der Waals surface area contributed by atoms with E-state index < -0.39 is 17.9 Å². The number of fused-ring (bicyclic) bond motifs is 1. The second-order valence-electron chi connectivity index (χ2n) is 8.05. The molecule has 1 aliphatic heterocycles. The molecule has 1 atom stereocenters. The molecule has 0 radical (unpaired) electrons. The summed E-state index contributed by atoms with van der Waals surface area (Å²) in [5.41, 5.74) is 4.44. The van der Waals surface area contributed by atoms with Gasteiger partial charge >= 0.3 is 5.97 Å². The van der Waals surface area contributed by atoms with Gasteiger partial charge in [-0.1, -0.05) is 32.0 Å². The summed E-state index contributed by atoms with van der Waals surface area (Å²) >= 11 is 0. The van der Waals surface area contributed by atoms with Crippen LogP contribution in [0, 0.1) is 31.1 Å². The summed E-state index contributed by atoms with van der Waals surface area (Å²) in [5.74, 6) is -0.510. The summed E-state index contributed by atoms with van der Waals surface area (Å²) in [6, 6.07) is 10.6. The number of aryl methyl sites for hydroxylation is 1. The van der Waals surface area contributed by atoms with Crippen molar-refractivity contribution in [3.8, 4) is 6.07 Å². The number of carbonyl (C=O) groups excluding carboxylic acids is 2. The molecule has 0 fully saturated rings. The molecule has 0 aliphatic carbocycles. The summed E-state index contributed by atoms with van der Waals surface area (Å²) in [6.45, 7) is 9.17. The van der Waals surface area contributed by atoms with Gasteiger partial charge in [-0.25, -0.2) is 4.79 Å². The van der Waals surface area contributed by atoms with E-state index in [4.69, 9.17) is 4.74 Å². The number of nitrogens with zero attached hydrogens (tertiary/aromatic N) is 3. The number of amides is 1. The third-order valence-electron chi connectivity index (χ3n) is 5.48. The third kappa shape index (κ3) is 3.88. The molecule has 2 heterocycles. The van der Waals surface area contributed by atoms with E-state index in [9.17, 15) is 14.9 Å². The lowest BCUT2D eigenvalue weighted by atomic mass is 10.1. The lowest BCUT2D eigenvalue weighted by Gasteiger charge is -2.23. The molecule has 0 saturated heterocycles. The molecule has 2 aromatic rings. The zero-order chi connectivity index (χ0) is 22.0. The summed E-state index contributed by atoms with van der Waals surface area (Å²) in [4.78, 5) is 27.1. The molecule has 1 unspecified atom stereocenters. The van der Waals surface area contributed by atoms with Crippen LogP contribution < -0.4 is 4.90 Å². The maximum Gasteiger partial charge on any atom is 0.329 e. The van der Waals surface area contributed by atoms with Gasteiger partial charge in [0.05, 0.1) is 7.11 Å². The Balaban J connectivity index is 2.02. The van der Waals surface area contributed by atoms with Crippen molar-refractivity contribution in [2.75, 3.05) is 12.0 Å². The van der Waals surface area contributed by atoms with Gasteiger partial charge in [-0.3, -0.25) is 9.69 Å². The summed E-state index contributed by atoms with van der Waals surface area (Å²) in [6.07, 6.45) is 1.99. The van der Waals surface area contributed by atoms with Crippen LogP contribution in [0.4, 0.5) is 5.69 Å². The lowest BCUT2D eigenvalue weighted by Crippen LogP contribution is -2.44. The maximum absolute atomic E-state index is 13.4. The van der Waals surface area contributed by atoms with Gasteiger partial charge < -0.3 is 9.30 Å². The van der Waals surface area contributed by atoms with Crippen molar-refractivity contribution in [3.05, 3.63) is 58.4 Å². The van der Waals surface area contributed by atoms with Crippen LogP contribution in [0.5, 0.6) is 0 Å². The average Bonchev–Trinajstić information content (AvgIpc) is 3.23. The molecule has 0 spiro atoms. The summed E-state index contributed by atoms with van der Waals surface area (Å²) in [5, 5.41) is 9.77. The molecule has 1 aliphatic rings. The van der Waals surface area contributed by atoms with Crippen molar-refractivity contribution >= 4 is 23.6 Å².